The van der Waals surface area contributed by atoms with Crippen LogP contribution in [0, 0.1) is 8.99 Å². The van der Waals surface area contributed by atoms with Crippen molar-refractivity contribution >= 4 is 28.6 Å². The third-order valence-electron chi connectivity index (χ3n) is 3.99. The minimum atomic E-state index is -0.669. The van der Waals surface area contributed by atoms with Gasteiger partial charge in [0.25, 0.3) is 0 Å². The second-order valence-electron chi connectivity index (χ2n) is 5.88. The van der Waals surface area contributed by atoms with Crippen molar-refractivity contribution in [3.8, 4) is 5.75 Å². The highest BCUT2D eigenvalue weighted by atomic mass is 127. The van der Waals surface area contributed by atoms with Crippen molar-refractivity contribution in [3.63, 3.8) is 0 Å². The van der Waals surface area contributed by atoms with Gasteiger partial charge in [0, 0.05) is 0 Å². The molecule has 0 radical (unpaired) electrons. The minimum absolute atomic E-state index is 0.188. The highest BCUT2D eigenvalue weighted by molar-refractivity contribution is 14.1. The Labute approximate surface area is 134 Å². The average Bonchev–Trinajstić information content (AvgIpc) is 2.41. The molecule has 1 unspecified atom stereocenters. The second-order valence-corrected chi connectivity index (χ2v) is 7.04. The molecule has 0 aliphatic rings. The number of carbonyl (C=O) groups is 1. The molecule has 1 aromatic carbocycles. The predicted molar refractivity (Wildman–Crippen MR) is 88.6 cm³/mol. The Kier molecular flexibility index (Phi) is 5.46. The maximum Gasteiger partial charge on any atom is 0.312 e. The Balaban J connectivity index is 3.08. The van der Waals surface area contributed by atoms with Crippen molar-refractivity contribution in [2.24, 2.45) is 5.41 Å². The van der Waals surface area contributed by atoms with Crippen molar-refractivity contribution in [2.45, 2.75) is 53.1 Å². The van der Waals surface area contributed by atoms with E-state index < -0.39 is 11.0 Å². The van der Waals surface area contributed by atoms with Gasteiger partial charge >= 0.3 is 5.97 Å². The van der Waals surface area contributed by atoms with Crippen LogP contribution in [-0.4, -0.2) is 11.1 Å². The summed E-state index contributed by atoms with van der Waals surface area (Å²) in [5.74, 6) is 0.0560. The van der Waals surface area contributed by atoms with Crippen molar-refractivity contribution in [3.05, 3.63) is 27.3 Å². The van der Waals surface area contributed by atoms with E-state index in [1.807, 2.05) is 46.8 Å². The molecule has 1 N–H and O–H groups in total. The van der Waals surface area contributed by atoms with Crippen molar-refractivity contribution in [2.75, 3.05) is 0 Å². The zero-order valence-electron chi connectivity index (χ0n) is 12.8. The molecule has 3 nitrogen and oxygen atoms in total. The molecule has 1 aromatic rings. The Bertz CT molecular complexity index is 496. The molecule has 0 aliphatic carbocycles. The summed E-state index contributed by atoms with van der Waals surface area (Å²) < 4.78 is 6.56. The molecule has 0 aliphatic heterocycles. The third kappa shape index (κ3) is 3.65. The number of ether oxygens (including phenoxy) is 1. The molecule has 0 amide bonds. The first kappa shape index (κ1) is 17.3. The fourth-order valence-electron chi connectivity index (χ4n) is 1.66. The van der Waals surface area contributed by atoms with Gasteiger partial charge in [-0.1, -0.05) is 19.9 Å². The number of rotatable bonds is 5. The van der Waals surface area contributed by atoms with E-state index in [1.54, 1.807) is 6.07 Å². The van der Waals surface area contributed by atoms with Gasteiger partial charge in [-0.05, 0) is 73.9 Å². The normalized spacial score (nSPS) is 14.7. The van der Waals surface area contributed by atoms with Crippen LogP contribution in [0.5, 0.6) is 5.75 Å². The Morgan fingerprint density at radius 1 is 1.25 bits per heavy atom. The van der Waals surface area contributed by atoms with Gasteiger partial charge in [-0.25, -0.2) is 0 Å². The highest BCUT2D eigenvalue weighted by Crippen LogP contribution is 2.35. The zero-order valence-corrected chi connectivity index (χ0v) is 14.9. The van der Waals surface area contributed by atoms with Crippen molar-refractivity contribution < 1.29 is 14.6 Å². The van der Waals surface area contributed by atoms with E-state index in [0.29, 0.717) is 6.42 Å². The standard InChI is InChI=1S/C16H23IO3/c1-6-15(3,4)14(19)20-16(5,7-2)11-8-9-13(18)12(17)10-11/h8-10,18H,6-7H2,1-5H3. The summed E-state index contributed by atoms with van der Waals surface area (Å²) in [6, 6.07) is 5.32. The summed E-state index contributed by atoms with van der Waals surface area (Å²) in [6.45, 7) is 9.68. The van der Waals surface area contributed by atoms with Gasteiger partial charge in [-0.3, -0.25) is 4.79 Å². The number of aromatic hydroxyl groups is 1. The van der Waals surface area contributed by atoms with Crippen LogP contribution in [0.3, 0.4) is 0 Å². The van der Waals surface area contributed by atoms with Crippen molar-refractivity contribution in [1.29, 1.82) is 0 Å². The van der Waals surface area contributed by atoms with Gasteiger partial charge < -0.3 is 9.84 Å². The van der Waals surface area contributed by atoms with Gasteiger partial charge in [0.05, 0.1) is 8.99 Å². The quantitative estimate of drug-likeness (QED) is 0.591. The lowest BCUT2D eigenvalue weighted by Crippen LogP contribution is -2.35. The van der Waals surface area contributed by atoms with Crippen molar-refractivity contribution in [1.82, 2.24) is 0 Å². The number of esters is 1. The van der Waals surface area contributed by atoms with E-state index in [-0.39, 0.29) is 11.7 Å². The number of carbonyl (C=O) groups excluding carboxylic acids is 1. The first-order valence-corrected chi connectivity index (χ1v) is 7.96. The molecule has 0 heterocycles. The van der Waals surface area contributed by atoms with Crippen LogP contribution in [0.15, 0.2) is 18.2 Å². The lowest BCUT2D eigenvalue weighted by atomic mass is 9.88. The van der Waals surface area contributed by atoms with Crippen LogP contribution in [-0.2, 0) is 15.1 Å². The van der Waals surface area contributed by atoms with E-state index in [9.17, 15) is 9.90 Å². The van der Waals surface area contributed by atoms with Crippen LogP contribution >= 0.6 is 22.6 Å². The third-order valence-corrected chi connectivity index (χ3v) is 4.85. The number of halogens is 1. The topological polar surface area (TPSA) is 46.5 Å². The van der Waals surface area contributed by atoms with Crippen LogP contribution in [0.25, 0.3) is 0 Å². The molecular formula is C16H23IO3. The van der Waals surface area contributed by atoms with E-state index in [1.165, 1.54) is 0 Å². The summed E-state index contributed by atoms with van der Waals surface area (Å²) in [5.41, 5.74) is -0.250. The lowest BCUT2D eigenvalue weighted by molar-refractivity contribution is -0.170. The average molecular weight is 390 g/mol. The molecule has 0 saturated heterocycles. The first-order chi connectivity index (χ1) is 9.16. The van der Waals surface area contributed by atoms with Crippen LogP contribution in [0.4, 0.5) is 0 Å². The van der Waals surface area contributed by atoms with Crippen LogP contribution < -0.4 is 0 Å². The van der Waals surface area contributed by atoms with Gasteiger partial charge in [0.1, 0.15) is 11.4 Å². The van der Waals surface area contributed by atoms with E-state index >= 15 is 0 Å². The second kappa shape index (κ2) is 6.33. The fraction of sp³-hybridized carbons (Fsp3) is 0.562. The van der Waals surface area contributed by atoms with Gasteiger partial charge in [0.15, 0.2) is 0 Å². The molecule has 112 valence electrons. The van der Waals surface area contributed by atoms with Crippen LogP contribution in [0.2, 0.25) is 0 Å². The molecule has 0 bridgehead atoms. The van der Waals surface area contributed by atoms with Crippen LogP contribution in [0.1, 0.15) is 53.0 Å². The van der Waals surface area contributed by atoms with Gasteiger partial charge in [-0.2, -0.15) is 0 Å². The minimum Gasteiger partial charge on any atom is -0.507 e. The Morgan fingerprint density at radius 3 is 2.30 bits per heavy atom. The number of phenolic OH excluding ortho intramolecular Hbond substituents is 1. The van der Waals surface area contributed by atoms with E-state index in [2.05, 4.69) is 22.6 Å². The summed E-state index contributed by atoms with van der Waals surface area (Å²) in [4.78, 5) is 12.3. The highest BCUT2D eigenvalue weighted by Gasteiger charge is 2.35. The van der Waals surface area contributed by atoms with Gasteiger partial charge in [-0.15, -0.1) is 0 Å². The molecule has 0 fully saturated rings. The summed E-state index contributed by atoms with van der Waals surface area (Å²) in [6.07, 6.45) is 1.41. The van der Waals surface area contributed by atoms with Gasteiger partial charge in [0.2, 0.25) is 0 Å². The SMILES string of the molecule is CCC(C)(C)C(=O)OC(C)(CC)c1ccc(O)c(I)c1. The molecule has 1 rings (SSSR count). The molecule has 4 heteroatoms. The summed E-state index contributed by atoms with van der Waals surface area (Å²) in [5, 5.41) is 9.62. The molecule has 0 aromatic heterocycles. The lowest BCUT2D eigenvalue weighted by Gasteiger charge is -2.33. The predicted octanol–water partition coefficient (Wildman–Crippen LogP) is 4.60. The fourth-order valence-corrected chi connectivity index (χ4v) is 2.17. The zero-order chi connectivity index (χ0) is 15.6. The number of benzene rings is 1. The first-order valence-electron chi connectivity index (χ1n) is 6.88. The smallest absolute Gasteiger partial charge is 0.312 e. The van der Waals surface area contributed by atoms with E-state index in [4.69, 9.17) is 4.74 Å². The molecule has 20 heavy (non-hydrogen) atoms. The summed E-state index contributed by atoms with van der Waals surface area (Å²) >= 11 is 2.07. The monoisotopic (exact) mass is 390 g/mol. The molecule has 1 atom stereocenters. The summed E-state index contributed by atoms with van der Waals surface area (Å²) in [7, 11) is 0. The number of hydrogen-bond donors (Lipinski definition) is 1. The number of hydrogen-bond acceptors (Lipinski definition) is 3. The maximum atomic E-state index is 12.3. The molecule has 0 spiro atoms. The Hall–Kier alpha value is -0.780. The van der Waals surface area contributed by atoms with E-state index in [0.717, 1.165) is 15.6 Å². The molecule has 0 saturated carbocycles. The maximum absolute atomic E-state index is 12.3. The largest absolute Gasteiger partial charge is 0.507 e. The molecular weight excluding hydrogens is 367 g/mol. The number of phenols is 1. The Morgan fingerprint density at radius 2 is 1.85 bits per heavy atom.